The molecule has 0 unspecified atom stereocenters. The molecular weight excluding hydrogens is 264 g/mol. The van der Waals surface area contributed by atoms with Gasteiger partial charge in [-0.2, -0.15) is 5.26 Å². The minimum Gasteiger partial charge on any atom is -0.491 e. The molecule has 1 aliphatic carbocycles. The summed E-state index contributed by atoms with van der Waals surface area (Å²) < 4.78 is 5.56. The van der Waals surface area contributed by atoms with Crippen LogP contribution in [0.2, 0.25) is 0 Å². The molecule has 0 spiro atoms. The van der Waals surface area contributed by atoms with Crippen LogP contribution in [0.5, 0.6) is 5.75 Å². The van der Waals surface area contributed by atoms with Crippen molar-refractivity contribution < 1.29 is 9.84 Å². The van der Waals surface area contributed by atoms with Gasteiger partial charge in [-0.15, -0.1) is 0 Å². The van der Waals surface area contributed by atoms with Gasteiger partial charge in [0, 0.05) is 12.6 Å². The highest BCUT2D eigenvalue weighted by Crippen LogP contribution is 2.49. The Kier molecular flexibility index (Phi) is 4.87. The van der Waals surface area contributed by atoms with E-state index >= 15 is 0 Å². The van der Waals surface area contributed by atoms with Crippen LogP contribution in [0, 0.1) is 16.7 Å². The van der Waals surface area contributed by atoms with Crippen LogP contribution in [0.4, 0.5) is 0 Å². The van der Waals surface area contributed by atoms with Gasteiger partial charge in [-0.1, -0.05) is 6.92 Å². The number of ether oxygens (including phenoxy) is 1. The van der Waals surface area contributed by atoms with E-state index < -0.39 is 6.10 Å². The molecule has 114 valence electrons. The second-order valence-electron chi connectivity index (χ2n) is 6.37. The Labute approximate surface area is 127 Å². The van der Waals surface area contributed by atoms with Gasteiger partial charge in [-0.3, -0.25) is 0 Å². The Hall–Kier alpha value is -1.57. The molecule has 0 saturated heterocycles. The molecule has 1 aliphatic rings. The van der Waals surface area contributed by atoms with Gasteiger partial charge in [-0.25, -0.2) is 0 Å². The molecule has 0 radical (unpaired) electrons. The lowest BCUT2D eigenvalue weighted by Gasteiger charge is -2.31. The first kappa shape index (κ1) is 15.8. The summed E-state index contributed by atoms with van der Waals surface area (Å²) in [5, 5.41) is 18.8. The van der Waals surface area contributed by atoms with Crippen molar-refractivity contribution in [1.82, 2.24) is 4.90 Å². The summed E-state index contributed by atoms with van der Waals surface area (Å²) in [5.41, 5.74) is 1.02. The fourth-order valence-corrected chi connectivity index (χ4v) is 2.51. The molecule has 21 heavy (non-hydrogen) atoms. The molecule has 1 saturated carbocycles. The van der Waals surface area contributed by atoms with E-state index in [2.05, 4.69) is 31.9 Å². The third-order valence-electron chi connectivity index (χ3n) is 4.63. The highest BCUT2D eigenvalue weighted by atomic mass is 16.5. The summed E-state index contributed by atoms with van der Waals surface area (Å²) in [4.78, 5) is 2.21. The SMILES string of the molecule is C[C@H](N(C)C[C@H](O)COc1ccc(C#N)cc1)C1(C)CC1. The Morgan fingerprint density at radius 1 is 1.38 bits per heavy atom. The number of hydrogen-bond acceptors (Lipinski definition) is 4. The van der Waals surface area contributed by atoms with Crippen molar-refractivity contribution in [1.29, 1.82) is 5.26 Å². The van der Waals surface area contributed by atoms with Crippen molar-refractivity contribution in [3.8, 4) is 11.8 Å². The number of aliphatic hydroxyl groups excluding tert-OH is 1. The summed E-state index contributed by atoms with van der Waals surface area (Å²) in [7, 11) is 2.05. The zero-order valence-electron chi connectivity index (χ0n) is 13.0. The number of likely N-dealkylation sites (N-methyl/N-ethyl adjacent to an activating group) is 1. The van der Waals surface area contributed by atoms with Crippen LogP contribution < -0.4 is 4.74 Å². The molecule has 4 heteroatoms. The van der Waals surface area contributed by atoms with E-state index in [0.29, 0.717) is 29.3 Å². The van der Waals surface area contributed by atoms with Gasteiger partial charge in [0.1, 0.15) is 18.5 Å². The number of aliphatic hydroxyl groups is 1. The maximum Gasteiger partial charge on any atom is 0.119 e. The van der Waals surface area contributed by atoms with Crippen molar-refractivity contribution in [3.63, 3.8) is 0 Å². The molecule has 2 rings (SSSR count). The minimum absolute atomic E-state index is 0.264. The van der Waals surface area contributed by atoms with Gasteiger partial charge >= 0.3 is 0 Å². The highest BCUT2D eigenvalue weighted by Gasteiger charge is 2.44. The Morgan fingerprint density at radius 3 is 2.52 bits per heavy atom. The molecule has 0 amide bonds. The van der Waals surface area contributed by atoms with Gasteiger partial charge in [-0.05, 0) is 56.5 Å². The van der Waals surface area contributed by atoms with Gasteiger partial charge in [0.2, 0.25) is 0 Å². The van der Waals surface area contributed by atoms with Crippen LogP contribution in [0.25, 0.3) is 0 Å². The first-order valence-electron chi connectivity index (χ1n) is 7.46. The fourth-order valence-electron chi connectivity index (χ4n) is 2.51. The predicted molar refractivity (Wildman–Crippen MR) is 82.1 cm³/mol. The standard InChI is InChI=1S/C17H24N2O2/c1-13(17(2)8-9-17)19(3)11-15(20)12-21-16-6-4-14(10-18)5-7-16/h4-7,13,15,20H,8-9,11-12H2,1-3H3/t13-,15-/m0/s1. The summed E-state index contributed by atoms with van der Waals surface area (Å²) in [6.07, 6.45) is 2.03. The summed E-state index contributed by atoms with van der Waals surface area (Å²) in [6.45, 7) is 5.39. The van der Waals surface area contributed by atoms with Crippen LogP contribution in [0.3, 0.4) is 0 Å². The predicted octanol–water partition coefficient (Wildman–Crippen LogP) is 2.42. The second-order valence-corrected chi connectivity index (χ2v) is 6.37. The van der Waals surface area contributed by atoms with Crippen LogP contribution >= 0.6 is 0 Å². The van der Waals surface area contributed by atoms with Crippen LogP contribution in [0.1, 0.15) is 32.3 Å². The number of rotatable bonds is 7. The van der Waals surface area contributed by atoms with Crippen molar-refractivity contribution in [2.75, 3.05) is 20.2 Å². The molecule has 0 aromatic heterocycles. The lowest BCUT2D eigenvalue weighted by atomic mass is 9.99. The third kappa shape index (κ3) is 4.20. The lowest BCUT2D eigenvalue weighted by Crippen LogP contribution is -2.41. The number of nitriles is 1. The number of benzene rings is 1. The molecule has 0 bridgehead atoms. The molecule has 4 nitrogen and oxygen atoms in total. The second kappa shape index (κ2) is 6.46. The summed E-state index contributed by atoms with van der Waals surface area (Å²) in [6, 6.07) is 9.47. The monoisotopic (exact) mass is 288 g/mol. The molecule has 1 aromatic carbocycles. The molecule has 0 aliphatic heterocycles. The van der Waals surface area contributed by atoms with Crippen molar-refractivity contribution in [3.05, 3.63) is 29.8 Å². The minimum atomic E-state index is -0.518. The van der Waals surface area contributed by atoms with E-state index in [-0.39, 0.29) is 6.61 Å². The topological polar surface area (TPSA) is 56.5 Å². The first-order chi connectivity index (χ1) is 9.94. The number of hydrogen-bond donors (Lipinski definition) is 1. The maximum atomic E-state index is 10.1. The Balaban J connectivity index is 1.76. The van der Waals surface area contributed by atoms with Crippen molar-refractivity contribution >= 4 is 0 Å². The van der Waals surface area contributed by atoms with Crippen molar-refractivity contribution in [2.24, 2.45) is 5.41 Å². The average Bonchev–Trinajstić information content (AvgIpc) is 3.23. The summed E-state index contributed by atoms with van der Waals surface area (Å²) in [5.74, 6) is 0.679. The fraction of sp³-hybridized carbons (Fsp3) is 0.588. The maximum absolute atomic E-state index is 10.1. The Bertz CT molecular complexity index is 503. The van der Waals surface area contributed by atoms with Crippen LogP contribution in [-0.4, -0.2) is 42.4 Å². The molecule has 0 heterocycles. The van der Waals surface area contributed by atoms with E-state index in [0.717, 1.165) is 0 Å². The van der Waals surface area contributed by atoms with E-state index in [1.165, 1.54) is 12.8 Å². The van der Waals surface area contributed by atoms with Gasteiger partial charge in [0.05, 0.1) is 11.6 Å². The zero-order valence-corrected chi connectivity index (χ0v) is 13.0. The normalized spacial score (nSPS) is 18.9. The van der Waals surface area contributed by atoms with Crippen molar-refractivity contribution in [2.45, 2.75) is 38.8 Å². The smallest absolute Gasteiger partial charge is 0.119 e. The lowest BCUT2D eigenvalue weighted by molar-refractivity contribution is 0.0540. The quantitative estimate of drug-likeness (QED) is 0.837. The average molecular weight is 288 g/mol. The number of nitrogens with zero attached hydrogens (tertiary/aromatic N) is 2. The van der Waals surface area contributed by atoms with Gasteiger partial charge in [0.25, 0.3) is 0 Å². The molecule has 1 N–H and O–H groups in total. The van der Waals surface area contributed by atoms with Crippen LogP contribution in [-0.2, 0) is 0 Å². The third-order valence-corrected chi connectivity index (χ3v) is 4.63. The van der Waals surface area contributed by atoms with Crippen LogP contribution in [0.15, 0.2) is 24.3 Å². The first-order valence-corrected chi connectivity index (χ1v) is 7.46. The molecule has 2 atom stereocenters. The molecular formula is C17H24N2O2. The molecule has 1 fully saturated rings. The van der Waals surface area contributed by atoms with E-state index in [1.54, 1.807) is 24.3 Å². The molecule has 1 aromatic rings. The Morgan fingerprint density at radius 2 is 2.00 bits per heavy atom. The zero-order chi connectivity index (χ0) is 15.5. The highest BCUT2D eigenvalue weighted by molar-refractivity contribution is 5.34. The van der Waals surface area contributed by atoms with E-state index in [4.69, 9.17) is 10.00 Å². The van der Waals surface area contributed by atoms with Gasteiger partial charge in [0.15, 0.2) is 0 Å². The van der Waals surface area contributed by atoms with Gasteiger partial charge < -0.3 is 14.7 Å². The largest absolute Gasteiger partial charge is 0.491 e. The summed E-state index contributed by atoms with van der Waals surface area (Å²) >= 11 is 0. The van der Waals surface area contributed by atoms with E-state index in [1.807, 2.05) is 0 Å². The van der Waals surface area contributed by atoms with E-state index in [9.17, 15) is 5.11 Å².